The lowest BCUT2D eigenvalue weighted by Gasteiger charge is -2.07. The van der Waals surface area contributed by atoms with Crippen LogP contribution in [0.25, 0.3) is 0 Å². The second-order valence-electron chi connectivity index (χ2n) is 5.22. The minimum atomic E-state index is -0.759. The number of benzene rings is 1. The van der Waals surface area contributed by atoms with E-state index in [0.29, 0.717) is 0 Å². The van der Waals surface area contributed by atoms with Crippen LogP contribution in [0.3, 0.4) is 0 Å². The van der Waals surface area contributed by atoms with E-state index in [1.165, 1.54) is 19.1 Å². The summed E-state index contributed by atoms with van der Waals surface area (Å²) in [6.07, 6.45) is 0. The monoisotopic (exact) mass is 411 g/mol. The van der Waals surface area contributed by atoms with E-state index in [1.807, 2.05) is 0 Å². The molecule has 2 aromatic rings. The number of nitrogens with one attached hydrogen (secondary N) is 1. The molecule has 2 amide bonds. The lowest BCUT2D eigenvalue weighted by atomic mass is 10.1. The lowest BCUT2D eigenvalue weighted by Crippen LogP contribution is -2.15. The van der Waals surface area contributed by atoms with Crippen molar-refractivity contribution in [2.24, 2.45) is 5.73 Å². The molecule has 11 heteroatoms. The van der Waals surface area contributed by atoms with Gasteiger partial charge in [-0.15, -0.1) is 11.3 Å². The minimum absolute atomic E-state index is 0.00691. The summed E-state index contributed by atoms with van der Waals surface area (Å²) in [4.78, 5) is 46.6. The van der Waals surface area contributed by atoms with Gasteiger partial charge in [-0.05, 0) is 31.5 Å². The molecule has 0 spiro atoms. The van der Waals surface area contributed by atoms with Crippen LogP contribution in [0.5, 0.6) is 0 Å². The van der Waals surface area contributed by atoms with E-state index in [0.717, 1.165) is 17.4 Å². The Kier molecular flexibility index (Phi) is 6.13. The molecule has 1 aromatic heterocycles. The van der Waals surface area contributed by atoms with Crippen molar-refractivity contribution in [2.75, 3.05) is 11.9 Å². The van der Waals surface area contributed by atoms with Gasteiger partial charge in [-0.3, -0.25) is 19.7 Å². The molecule has 0 fully saturated rings. The van der Waals surface area contributed by atoms with Crippen LogP contribution in [-0.2, 0) is 4.74 Å². The number of hydrogen-bond donors (Lipinski definition) is 2. The number of amides is 2. The van der Waals surface area contributed by atoms with Crippen LogP contribution < -0.4 is 11.1 Å². The quantitative estimate of drug-likeness (QED) is 0.424. The maximum Gasteiger partial charge on any atom is 0.341 e. The molecule has 0 aliphatic heterocycles. The molecule has 1 heterocycles. The first-order valence-corrected chi connectivity index (χ1v) is 8.72. The van der Waals surface area contributed by atoms with Crippen molar-refractivity contribution in [1.82, 2.24) is 0 Å². The van der Waals surface area contributed by atoms with Gasteiger partial charge < -0.3 is 15.8 Å². The molecule has 0 unspecified atom stereocenters. The summed E-state index contributed by atoms with van der Waals surface area (Å²) < 4.78 is 4.95. The summed E-state index contributed by atoms with van der Waals surface area (Å²) in [6.45, 7) is 3.21. The summed E-state index contributed by atoms with van der Waals surface area (Å²) >= 11 is 6.55. The number of nitro benzene ring substituents is 1. The number of primary amides is 1. The molecular weight excluding hydrogens is 398 g/mol. The number of thiophene rings is 1. The van der Waals surface area contributed by atoms with Gasteiger partial charge in [-0.25, -0.2) is 4.79 Å². The number of nitro groups is 1. The van der Waals surface area contributed by atoms with Gasteiger partial charge in [0.2, 0.25) is 0 Å². The van der Waals surface area contributed by atoms with E-state index in [4.69, 9.17) is 22.1 Å². The Labute approximate surface area is 162 Å². The minimum Gasteiger partial charge on any atom is -0.462 e. The first-order valence-electron chi connectivity index (χ1n) is 7.52. The Morgan fingerprint density at radius 1 is 1.37 bits per heavy atom. The van der Waals surface area contributed by atoms with Crippen LogP contribution in [0.15, 0.2) is 18.2 Å². The molecule has 27 heavy (non-hydrogen) atoms. The van der Waals surface area contributed by atoms with E-state index in [9.17, 15) is 24.5 Å². The zero-order valence-corrected chi connectivity index (χ0v) is 15.8. The SMILES string of the molecule is CCOC(=O)c1c(NC(=O)c2ccc(Cl)c([N+](=O)[O-])c2)sc(C(N)=O)c1C. The standard InChI is InChI=1S/C16H14ClN3O6S/c1-3-26-16(23)11-7(2)12(13(18)21)27-15(11)19-14(22)8-4-5-9(17)10(6-8)20(24)25/h4-6H,3H2,1-2H3,(H2,18,21)(H,19,22). The highest BCUT2D eigenvalue weighted by molar-refractivity contribution is 7.18. The molecule has 142 valence electrons. The number of nitrogens with two attached hydrogens (primary N) is 1. The Morgan fingerprint density at radius 2 is 2.04 bits per heavy atom. The number of carbonyl (C=O) groups excluding carboxylic acids is 3. The number of ether oxygens (including phenoxy) is 1. The smallest absolute Gasteiger partial charge is 0.341 e. The molecule has 0 saturated heterocycles. The first-order chi connectivity index (χ1) is 12.7. The summed E-state index contributed by atoms with van der Waals surface area (Å²) in [6, 6.07) is 3.52. The van der Waals surface area contributed by atoms with Gasteiger partial charge in [0, 0.05) is 11.6 Å². The van der Waals surface area contributed by atoms with Crippen molar-refractivity contribution in [3.8, 4) is 0 Å². The number of anilines is 1. The van der Waals surface area contributed by atoms with E-state index in [2.05, 4.69) is 5.32 Å². The van der Waals surface area contributed by atoms with Gasteiger partial charge in [-0.2, -0.15) is 0 Å². The number of carbonyl (C=O) groups is 3. The average Bonchev–Trinajstić information content (AvgIpc) is 2.91. The lowest BCUT2D eigenvalue weighted by molar-refractivity contribution is -0.384. The first kappa shape index (κ1) is 20.3. The van der Waals surface area contributed by atoms with Gasteiger partial charge in [0.15, 0.2) is 0 Å². The summed E-state index contributed by atoms with van der Waals surface area (Å²) in [5, 5.41) is 13.4. The number of nitrogens with zero attached hydrogens (tertiary/aromatic N) is 1. The number of hydrogen-bond acceptors (Lipinski definition) is 7. The van der Waals surface area contributed by atoms with Crippen molar-refractivity contribution in [3.05, 3.63) is 54.9 Å². The van der Waals surface area contributed by atoms with E-state index < -0.39 is 28.4 Å². The molecule has 9 nitrogen and oxygen atoms in total. The van der Waals surface area contributed by atoms with Crippen molar-refractivity contribution in [3.63, 3.8) is 0 Å². The molecule has 0 bridgehead atoms. The second kappa shape index (κ2) is 8.14. The van der Waals surface area contributed by atoms with Crippen LogP contribution >= 0.6 is 22.9 Å². The van der Waals surface area contributed by atoms with Gasteiger partial charge >= 0.3 is 5.97 Å². The Morgan fingerprint density at radius 3 is 2.59 bits per heavy atom. The maximum absolute atomic E-state index is 12.5. The number of esters is 1. The fourth-order valence-corrected chi connectivity index (χ4v) is 3.48. The van der Waals surface area contributed by atoms with Gasteiger partial charge in [0.25, 0.3) is 17.5 Å². The van der Waals surface area contributed by atoms with Crippen molar-refractivity contribution in [1.29, 1.82) is 0 Å². The molecular formula is C16H14ClN3O6S. The van der Waals surface area contributed by atoms with Gasteiger partial charge in [0.1, 0.15) is 10.0 Å². The van der Waals surface area contributed by atoms with Crippen LogP contribution in [0.2, 0.25) is 5.02 Å². The zero-order valence-electron chi connectivity index (χ0n) is 14.2. The highest BCUT2D eigenvalue weighted by Crippen LogP contribution is 2.34. The Hall–Kier alpha value is -2.98. The third kappa shape index (κ3) is 4.23. The third-order valence-electron chi connectivity index (χ3n) is 3.48. The van der Waals surface area contributed by atoms with E-state index >= 15 is 0 Å². The van der Waals surface area contributed by atoms with Crippen LogP contribution in [-0.4, -0.2) is 29.3 Å². The van der Waals surface area contributed by atoms with E-state index in [1.54, 1.807) is 6.92 Å². The number of rotatable bonds is 6. The molecule has 0 aliphatic rings. The van der Waals surface area contributed by atoms with Crippen LogP contribution in [0, 0.1) is 17.0 Å². The highest BCUT2D eigenvalue weighted by atomic mass is 35.5. The van der Waals surface area contributed by atoms with Gasteiger partial charge in [0.05, 0.1) is 22.0 Å². The fourth-order valence-electron chi connectivity index (χ4n) is 2.25. The zero-order chi connectivity index (χ0) is 20.3. The predicted molar refractivity (Wildman–Crippen MR) is 99.6 cm³/mol. The molecule has 0 aliphatic carbocycles. The fraction of sp³-hybridized carbons (Fsp3) is 0.188. The summed E-state index contributed by atoms with van der Waals surface area (Å²) in [5.74, 6) is -2.21. The van der Waals surface area contributed by atoms with Crippen molar-refractivity contribution < 1.29 is 24.0 Å². The molecule has 0 radical (unpaired) electrons. The Balaban J connectivity index is 2.44. The summed E-state index contributed by atoms with van der Waals surface area (Å²) in [7, 11) is 0. The van der Waals surface area contributed by atoms with Crippen LogP contribution in [0.4, 0.5) is 10.7 Å². The topological polar surface area (TPSA) is 142 Å². The second-order valence-corrected chi connectivity index (χ2v) is 6.65. The van der Waals surface area contributed by atoms with Crippen molar-refractivity contribution in [2.45, 2.75) is 13.8 Å². The average molecular weight is 412 g/mol. The van der Waals surface area contributed by atoms with Gasteiger partial charge in [-0.1, -0.05) is 11.6 Å². The molecule has 3 N–H and O–H groups in total. The van der Waals surface area contributed by atoms with Crippen LogP contribution in [0.1, 0.15) is 42.9 Å². The third-order valence-corrected chi connectivity index (χ3v) is 5.02. The largest absolute Gasteiger partial charge is 0.462 e. The molecule has 0 saturated carbocycles. The Bertz CT molecular complexity index is 956. The van der Waals surface area contributed by atoms with E-state index in [-0.39, 0.29) is 38.2 Å². The maximum atomic E-state index is 12.5. The highest BCUT2D eigenvalue weighted by Gasteiger charge is 2.26. The molecule has 1 aromatic carbocycles. The van der Waals surface area contributed by atoms with Crippen molar-refractivity contribution >= 4 is 51.4 Å². The molecule has 2 rings (SSSR count). The predicted octanol–water partition coefficient (Wildman–Crippen LogP) is 3.15. The summed E-state index contributed by atoms with van der Waals surface area (Å²) in [5.41, 5.74) is 5.10. The number of halogens is 1. The normalized spacial score (nSPS) is 10.3. The molecule has 0 atom stereocenters.